The Hall–Kier alpha value is -0.610. The monoisotopic (exact) mass is 241 g/mol. The van der Waals surface area contributed by atoms with Gasteiger partial charge >= 0.3 is 0 Å². The first-order valence-electron chi connectivity index (χ1n) is 6.72. The van der Waals surface area contributed by atoms with Crippen LogP contribution in [-0.4, -0.2) is 49.6 Å². The number of carbonyl (C=O) groups excluding carboxylic acids is 1. The summed E-state index contributed by atoms with van der Waals surface area (Å²) in [5.41, 5.74) is 0. The van der Waals surface area contributed by atoms with Gasteiger partial charge in [0.1, 0.15) is 0 Å². The molecule has 4 heteroatoms. The smallest absolute Gasteiger partial charge is 0.236 e. The van der Waals surface area contributed by atoms with Crippen LogP contribution in [0.5, 0.6) is 0 Å². The van der Waals surface area contributed by atoms with Crippen LogP contribution >= 0.6 is 0 Å². The lowest BCUT2D eigenvalue weighted by Crippen LogP contribution is -2.45. The van der Waals surface area contributed by atoms with Crippen molar-refractivity contribution in [2.45, 2.75) is 45.7 Å². The zero-order valence-corrected chi connectivity index (χ0v) is 11.6. The molecule has 0 spiro atoms. The van der Waals surface area contributed by atoms with Crippen molar-refractivity contribution in [1.82, 2.24) is 15.5 Å². The number of nitrogens with zero attached hydrogens (tertiary/aromatic N) is 1. The minimum Gasteiger partial charge on any atom is -0.354 e. The maximum atomic E-state index is 11.7. The molecule has 0 saturated heterocycles. The molecule has 0 bridgehead atoms. The number of hydrogen-bond acceptors (Lipinski definition) is 3. The lowest BCUT2D eigenvalue weighted by atomic mass is 10.2. The molecule has 1 amide bonds. The Morgan fingerprint density at radius 2 is 2.00 bits per heavy atom. The number of rotatable bonds is 8. The maximum absolute atomic E-state index is 11.7. The second-order valence-corrected chi connectivity index (χ2v) is 5.53. The van der Waals surface area contributed by atoms with Crippen molar-refractivity contribution < 1.29 is 4.79 Å². The molecule has 17 heavy (non-hydrogen) atoms. The molecule has 0 heterocycles. The van der Waals surface area contributed by atoms with Crippen molar-refractivity contribution in [3.8, 4) is 0 Å². The van der Waals surface area contributed by atoms with Gasteiger partial charge in [-0.3, -0.25) is 4.79 Å². The Morgan fingerprint density at radius 1 is 1.35 bits per heavy atom. The van der Waals surface area contributed by atoms with Gasteiger partial charge in [0.2, 0.25) is 5.91 Å². The Balaban J connectivity index is 2.06. The van der Waals surface area contributed by atoms with Gasteiger partial charge in [0.15, 0.2) is 0 Å². The van der Waals surface area contributed by atoms with Crippen molar-refractivity contribution >= 4 is 5.91 Å². The predicted octanol–water partition coefficient (Wildman–Crippen LogP) is 0.831. The average molecular weight is 241 g/mol. The standard InChI is InChI=1S/C13H27N3O/c1-10(2)9-15-13(17)11(3)14-7-8-16(4)12-5-6-12/h10-12,14H,5-9H2,1-4H3,(H,15,17). The molecule has 0 aliphatic heterocycles. The number of likely N-dealkylation sites (N-methyl/N-ethyl adjacent to an activating group) is 1. The van der Waals surface area contributed by atoms with Crippen LogP contribution in [0.2, 0.25) is 0 Å². The van der Waals surface area contributed by atoms with Crippen LogP contribution in [0.1, 0.15) is 33.6 Å². The molecule has 0 aromatic rings. The molecule has 1 aliphatic carbocycles. The minimum absolute atomic E-state index is 0.0960. The highest BCUT2D eigenvalue weighted by Crippen LogP contribution is 2.24. The zero-order chi connectivity index (χ0) is 12.8. The van der Waals surface area contributed by atoms with E-state index in [1.807, 2.05) is 6.92 Å². The van der Waals surface area contributed by atoms with E-state index < -0.39 is 0 Å². The second kappa shape index (κ2) is 6.97. The lowest BCUT2D eigenvalue weighted by Gasteiger charge is -2.19. The molecule has 4 nitrogen and oxygen atoms in total. The molecule has 1 atom stereocenters. The van der Waals surface area contributed by atoms with Crippen LogP contribution in [0.3, 0.4) is 0 Å². The molecule has 1 unspecified atom stereocenters. The van der Waals surface area contributed by atoms with Gasteiger partial charge in [0, 0.05) is 25.7 Å². The zero-order valence-electron chi connectivity index (χ0n) is 11.6. The Labute approximate surface area is 105 Å². The second-order valence-electron chi connectivity index (χ2n) is 5.53. The van der Waals surface area contributed by atoms with Gasteiger partial charge in [0.05, 0.1) is 6.04 Å². The first-order chi connectivity index (χ1) is 8.00. The van der Waals surface area contributed by atoms with Crippen LogP contribution in [-0.2, 0) is 4.79 Å². The van der Waals surface area contributed by atoms with Gasteiger partial charge in [-0.25, -0.2) is 0 Å². The molecular formula is C13H27N3O. The van der Waals surface area contributed by atoms with E-state index in [-0.39, 0.29) is 11.9 Å². The van der Waals surface area contributed by atoms with E-state index in [0.717, 1.165) is 25.7 Å². The molecule has 1 fully saturated rings. The number of amides is 1. The fraction of sp³-hybridized carbons (Fsp3) is 0.923. The van der Waals surface area contributed by atoms with Gasteiger partial charge < -0.3 is 15.5 Å². The molecule has 1 rings (SSSR count). The molecule has 1 saturated carbocycles. The number of hydrogen-bond donors (Lipinski definition) is 2. The topological polar surface area (TPSA) is 44.4 Å². The third kappa shape index (κ3) is 6.03. The highest BCUT2D eigenvalue weighted by atomic mass is 16.2. The van der Waals surface area contributed by atoms with Gasteiger partial charge in [-0.1, -0.05) is 13.8 Å². The maximum Gasteiger partial charge on any atom is 0.236 e. The van der Waals surface area contributed by atoms with Crippen molar-refractivity contribution in [1.29, 1.82) is 0 Å². The highest BCUT2D eigenvalue weighted by molar-refractivity contribution is 5.81. The summed E-state index contributed by atoms with van der Waals surface area (Å²) in [5, 5.41) is 6.21. The summed E-state index contributed by atoms with van der Waals surface area (Å²) in [6.45, 7) is 8.78. The molecule has 0 radical (unpaired) electrons. The molecule has 2 N–H and O–H groups in total. The predicted molar refractivity (Wildman–Crippen MR) is 71.0 cm³/mol. The van der Waals surface area contributed by atoms with E-state index in [0.29, 0.717) is 5.92 Å². The Bertz CT molecular complexity index is 239. The third-order valence-corrected chi connectivity index (χ3v) is 3.16. The van der Waals surface area contributed by atoms with Crippen LogP contribution in [0, 0.1) is 5.92 Å². The van der Waals surface area contributed by atoms with E-state index in [2.05, 4.69) is 36.4 Å². The van der Waals surface area contributed by atoms with Gasteiger partial charge in [0.25, 0.3) is 0 Å². The van der Waals surface area contributed by atoms with Gasteiger partial charge in [-0.05, 0) is 32.7 Å². The fourth-order valence-corrected chi connectivity index (χ4v) is 1.71. The average Bonchev–Trinajstić information content (AvgIpc) is 3.09. The molecule has 100 valence electrons. The lowest BCUT2D eigenvalue weighted by molar-refractivity contribution is -0.122. The summed E-state index contributed by atoms with van der Waals surface area (Å²) in [6.07, 6.45) is 2.67. The van der Waals surface area contributed by atoms with Crippen LogP contribution < -0.4 is 10.6 Å². The fourth-order valence-electron chi connectivity index (χ4n) is 1.71. The molecule has 0 aromatic carbocycles. The minimum atomic E-state index is -0.0960. The largest absolute Gasteiger partial charge is 0.354 e. The van der Waals surface area contributed by atoms with E-state index in [1.165, 1.54) is 12.8 Å². The molecule has 1 aliphatic rings. The summed E-state index contributed by atoms with van der Waals surface area (Å²) in [5.74, 6) is 0.611. The van der Waals surface area contributed by atoms with E-state index in [9.17, 15) is 4.79 Å². The Morgan fingerprint density at radius 3 is 2.53 bits per heavy atom. The summed E-state index contributed by atoms with van der Waals surface area (Å²) >= 11 is 0. The van der Waals surface area contributed by atoms with Crippen LogP contribution in [0.15, 0.2) is 0 Å². The van der Waals surface area contributed by atoms with E-state index in [1.54, 1.807) is 0 Å². The van der Waals surface area contributed by atoms with E-state index >= 15 is 0 Å². The quantitative estimate of drug-likeness (QED) is 0.661. The van der Waals surface area contributed by atoms with Crippen molar-refractivity contribution in [3.63, 3.8) is 0 Å². The molecule has 0 aromatic heterocycles. The van der Waals surface area contributed by atoms with Crippen molar-refractivity contribution in [2.24, 2.45) is 5.92 Å². The Kier molecular flexibility index (Phi) is 5.92. The summed E-state index contributed by atoms with van der Waals surface area (Å²) < 4.78 is 0. The SMILES string of the molecule is CC(C)CNC(=O)C(C)NCCN(C)C1CC1. The van der Waals surface area contributed by atoms with Crippen LogP contribution in [0.25, 0.3) is 0 Å². The summed E-state index contributed by atoms with van der Waals surface area (Å²) in [4.78, 5) is 14.0. The van der Waals surface area contributed by atoms with E-state index in [4.69, 9.17) is 0 Å². The third-order valence-electron chi connectivity index (χ3n) is 3.16. The van der Waals surface area contributed by atoms with Gasteiger partial charge in [-0.2, -0.15) is 0 Å². The highest BCUT2D eigenvalue weighted by Gasteiger charge is 2.25. The van der Waals surface area contributed by atoms with Crippen molar-refractivity contribution in [2.75, 3.05) is 26.7 Å². The van der Waals surface area contributed by atoms with Gasteiger partial charge in [-0.15, -0.1) is 0 Å². The normalized spacial score (nSPS) is 17.5. The summed E-state index contributed by atoms with van der Waals surface area (Å²) in [7, 11) is 2.16. The van der Waals surface area contributed by atoms with Crippen molar-refractivity contribution in [3.05, 3.63) is 0 Å². The summed E-state index contributed by atoms with van der Waals surface area (Å²) in [6, 6.07) is 0.697. The number of carbonyl (C=O) groups is 1. The van der Waals surface area contributed by atoms with Crippen LogP contribution in [0.4, 0.5) is 0 Å². The first-order valence-corrected chi connectivity index (χ1v) is 6.72. The molecular weight excluding hydrogens is 214 g/mol. The number of nitrogens with one attached hydrogen (secondary N) is 2. The first kappa shape index (κ1) is 14.5.